The monoisotopic (exact) mass is 990 g/mol. The maximum absolute atomic E-state index is 12.9. The van der Waals surface area contributed by atoms with Crippen LogP contribution < -0.4 is 19.7 Å². The summed E-state index contributed by atoms with van der Waals surface area (Å²) in [6.45, 7) is 1.88. The lowest BCUT2D eigenvalue weighted by molar-refractivity contribution is -0.137. The van der Waals surface area contributed by atoms with Crippen LogP contribution in [0, 0.1) is 0 Å². The van der Waals surface area contributed by atoms with Crippen molar-refractivity contribution in [2.75, 3.05) is 0 Å². The van der Waals surface area contributed by atoms with Crippen molar-refractivity contribution in [3.05, 3.63) is 142 Å². The lowest BCUT2D eigenvalue weighted by atomic mass is 10.1. The van der Waals surface area contributed by atoms with Gasteiger partial charge in [-0.15, -0.1) is 0 Å². The fraction of sp³-hybridized carbons (Fsp3) is 0.108. The summed E-state index contributed by atoms with van der Waals surface area (Å²) in [6, 6.07) is 20.2. The van der Waals surface area contributed by atoms with Crippen molar-refractivity contribution in [2.24, 2.45) is 10.3 Å². The van der Waals surface area contributed by atoms with Crippen molar-refractivity contribution in [1.29, 1.82) is 0 Å². The number of hydrogen-bond donors (Lipinski definition) is 4. The second-order valence-electron chi connectivity index (χ2n) is 12.9. The van der Waals surface area contributed by atoms with E-state index in [-0.39, 0.29) is 16.9 Å². The van der Waals surface area contributed by atoms with E-state index in [4.69, 9.17) is 37.9 Å². The fourth-order valence-electron chi connectivity index (χ4n) is 5.66. The van der Waals surface area contributed by atoms with Crippen molar-refractivity contribution in [3.8, 4) is 17.0 Å². The van der Waals surface area contributed by atoms with E-state index in [2.05, 4.69) is 5.10 Å². The Morgan fingerprint density at radius 1 is 0.698 bits per heavy atom. The number of amides is 2. The standard InChI is InChI=1S/C19H18Cl2N4O5S2.C18H13F3N2O6S2/c1-2-5-16-15(11-23-25(16)14-9-12(20)8-13(21)10-14)19(26)24-32(29,30)18-7-4-3-6-17(18)31(22,27)28;19-18(20,21)12-5-3-4-11(10-12)13-8-9-14(29-13)17(24)23-31(27,28)16-7-2-1-6-15(16)30(22,25)26/h3-4,6-11H,2,5H2,1H3,(H,24,26)(H2,22,27,28);1-10H,(H,23,24)(H2,22,25,26). The maximum atomic E-state index is 12.9. The number of nitrogens with zero attached hydrogens (tertiary/aromatic N) is 2. The molecule has 0 aliphatic carbocycles. The van der Waals surface area contributed by atoms with E-state index in [0.29, 0.717) is 34.3 Å². The highest BCUT2D eigenvalue weighted by molar-refractivity contribution is 7.93. The Morgan fingerprint density at radius 2 is 1.21 bits per heavy atom. The molecule has 17 nitrogen and oxygen atoms in total. The first-order valence-electron chi connectivity index (χ1n) is 17.4. The number of carbonyl (C=O) groups is 2. The van der Waals surface area contributed by atoms with Gasteiger partial charge in [0.1, 0.15) is 25.3 Å². The predicted octanol–water partition coefficient (Wildman–Crippen LogP) is 5.63. The number of nitrogens with two attached hydrogens (primary N) is 2. The van der Waals surface area contributed by atoms with E-state index < -0.39 is 89.0 Å². The van der Waals surface area contributed by atoms with Crippen LogP contribution >= 0.6 is 23.2 Å². The third-order valence-corrected chi connectivity index (χ3v) is 13.8. The van der Waals surface area contributed by atoms with Crippen LogP contribution in [0.15, 0.2) is 133 Å². The highest BCUT2D eigenvalue weighted by Gasteiger charge is 2.32. The Balaban J connectivity index is 0.000000238. The van der Waals surface area contributed by atoms with E-state index in [1.165, 1.54) is 47.3 Å². The summed E-state index contributed by atoms with van der Waals surface area (Å²) in [4.78, 5) is 22.5. The van der Waals surface area contributed by atoms with Gasteiger partial charge < -0.3 is 4.42 Å². The number of furan rings is 1. The van der Waals surface area contributed by atoms with E-state index >= 15 is 0 Å². The zero-order valence-electron chi connectivity index (χ0n) is 31.9. The first-order chi connectivity index (χ1) is 29.2. The number of halogens is 5. The molecule has 0 bridgehead atoms. The van der Waals surface area contributed by atoms with E-state index in [0.717, 1.165) is 48.5 Å². The summed E-state index contributed by atoms with van der Waals surface area (Å²) in [5, 5.41) is 15.0. The second-order valence-corrected chi connectivity index (χ2v) is 20.1. The zero-order chi connectivity index (χ0) is 46.7. The molecule has 0 unspecified atom stereocenters. The molecule has 2 heterocycles. The third-order valence-electron chi connectivity index (χ3n) is 8.34. The molecule has 6 N–H and O–H groups in total. The van der Waals surface area contributed by atoms with Gasteiger partial charge in [0.05, 0.1) is 28.7 Å². The van der Waals surface area contributed by atoms with Gasteiger partial charge in [-0.05, 0) is 73.2 Å². The van der Waals surface area contributed by atoms with E-state index in [1.54, 1.807) is 22.9 Å². The molecule has 0 aliphatic heterocycles. The molecule has 0 atom stereocenters. The molecule has 0 spiro atoms. The summed E-state index contributed by atoms with van der Waals surface area (Å²) in [5.74, 6) is -2.87. The van der Waals surface area contributed by atoms with Crippen molar-refractivity contribution in [3.63, 3.8) is 0 Å². The summed E-state index contributed by atoms with van der Waals surface area (Å²) >= 11 is 12.1. The summed E-state index contributed by atoms with van der Waals surface area (Å²) < 4.78 is 146. The molecule has 0 saturated carbocycles. The minimum atomic E-state index is -4.67. The molecular formula is C37H31Cl2F3N6O11S4. The highest BCUT2D eigenvalue weighted by atomic mass is 35.5. The van der Waals surface area contributed by atoms with Crippen LogP contribution in [0.3, 0.4) is 0 Å². The van der Waals surface area contributed by atoms with Crippen molar-refractivity contribution < 1.29 is 60.8 Å². The average molecular weight is 992 g/mol. The molecule has 2 aromatic heterocycles. The Morgan fingerprint density at radius 3 is 1.70 bits per heavy atom. The molecule has 0 radical (unpaired) electrons. The zero-order valence-corrected chi connectivity index (χ0v) is 36.6. The molecule has 0 fully saturated rings. The van der Waals surface area contributed by atoms with Gasteiger partial charge in [-0.1, -0.05) is 72.9 Å². The van der Waals surface area contributed by atoms with E-state index in [1.807, 2.05) is 11.6 Å². The molecule has 4 aromatic carbocycles. The third kappa shape index (κ3) is 11.7. The quantitative estimate of drug-likeness (QED) is 0.116. The molecular weight excluding hydrogens is 961 g/mol. The number of primary sulfonamides is 2. The van der Waals surface area contributed by atoms with Gasteiger partial charge in [-0.2, -0.15) is 18.3 Å². The Hall–Kier alpha value is -5.60. The van der Waals surface area contributed by atoms with Gasteiger partial charge in [0.15, 0.2) is 5.76 Å². The first kappa shape index (κ1) is 48.4. The average Bonchev–Trinajstić information content (AvgIpc) is 3.86. The van der Waals surface area contributed by atoms with Crippen LogP contribution in [-0.2, 0) is 52.7 Å². The van der Waals surface area contributed by atoms with Crippen molar-refractivity contribution in [2.45, 2.75) is 45.5 Å². The molecule has 6 aromatic rings. The van der Waals surface area contributed by atoms with Crippen LogP contribution in [-0.4, -0.2) is 55.3 Å². The van der Waals surface area contributed by atoms with E-state index in [9.17, 15) is 56.4 Å². The van der Waals surface area contributed by atoms with Crippen LogP contribution in [0.25, 0.3) is 17.0 Å². The predicted molar refractivity (Wildman–Crippen MR) is 222 cm³/mol. The minimum Gasteiger partial charge on any atom is -0.451 e. The highest BCUT2D eigenvalue weighted by Crippen LogP contribution is 2.33. The lowest BCUT2D eigenvalue weighted by Gasteiger charge is -2.12. The summed E-state index contributed by atoms with van der Waals surface area (Å²) in [5.41, 5.74) is -0.00353. The number of aromatic nitrogens is 2. The molecule has 63 heavy (non-hydrogen) atoms. The molecule has 0 aliphatic rings. The first-order valence-corrected chi connectivity index (χ1v) is 24.2. The van der Waals surface area contributed by atoms with Gasteiger partial charge in [0.25, 0.3) is 26.0 Å². The largest absolute Gasteiger partial charge is 0.451 e. The molecule has 6 rings (SSSR count). The van der Waals surface area contributed by atoms with Crippen molar-refractivity contribution in [1.82, 2.24) is 19.2 Å². The second kappa shape index (κ2) is 18.6. The number of sulfonamides is 4. The van der Waals surface area contributed by atoms with Crippen LogP contribution in [0.1, 0.15) is 45.5 Å². The summed E-state index contributed by atoms with van der Waals surface area (Å²) in [6.07, 6.45) is -2.36. The lowest BCUT2D eigenvalue weighted by Crippen LogP contribution is -2.32. The topological polar surface area (TPSA) is 278 Å². The van der Waals surface area contributed by atoms with Gasteiger partial charge in [0, 0.05) is 15.6 Å². The Bertz CT molecular complexity index is 3180. The smallest absolute Gasteiger partial charge is 0.416 e. The molecule has 334 valence electrons. The number of carbonyl (C=O) groups excluding carboxylic acids is 2. The van der Waals surface area contributed by atoms with Gasteiger partial charge in [-0.3, -0.25) is 9.59 Å². The number of hydrogen-bond acceptors (Lipinski definition) is 12. The number of alkyl halides is 3. The van der Waals surface area contributed by atoms with Crippen LogP contribution in [0.4, 0.5) is 13.2 Å². The van der Waals surface area contributed by atoms with Crippen molar-refractivity contribution >= 4 is 75.1 Å². The molecule has 0 saturated heterocycles. The number of nitrogens with one attached hydrogen (secondary N) is 2. The van der Waals surface area contributed by atoms with Gasteiger partial charge in [0.2, 0.25) is 20.0 Å². The normalized spacial score (nSPS) is 12.3. The van der Waals surface area contributed by atoms with Gasteiger partial charge in [-0.25, -0.2) is 58.1 Å². The number of rotatable bonds is 12. The van der Waals surface area contributed by atoms with Crippen LogP contribution in [0.2, 0.25) is 10.0 Å². The summed E-state index contributed by atoms with van der Waals surface area (Å²) in [7, 11) is -18.0. The van der Waals surface area contributed by atoms with Crippen LogP contribution in [0.5, 0.6) is 0 Å². The fourth-order valence-corrected chi connectivity index (χ4v) is 10.9. The SMILES string of the molecule is CCCc1c(C(=O)NS(=O)(=O)c2ccccc2S(N)(=O)=O)cnn1-c1cc(Cl)cc(Cl)c1.NS(=O)(=O)c1ccccc1S(=O)(=O)NC(=O)c1ccc(-c2cccc(C(F)(F)F)c2)o1. The molecule has 2 amide bonds. The Kier molecular flexibility index (Phi) is 14.3. The minimum absolute atomic E-state index is 0.000361. The molecule has 26 heteroatoms. The maximum Gasteiger partial charge on any atom is 0.416 e. The van der Waals surface area contributed by atoms with Gasteiger partial charge >= 0.3 is 12.1 Å². The Labute approximate surface area is 368 Å². The number of benzene rings is 4.